The summed E-state index contributed by atoms with van der Waals surface area (Å²) >= 11 is 0. The van der Waals surface area contributed by atoms with E-state index in [1.54, 1.807) is 0 Å². The van der Waals surface area contributed by atoms with Crippen molar-refractivity contribution in [3.05, 3.63) is 60.2 Å². The Morgan fingerprint density at radius 3 is 2.60 bits per heavy atom. The second-order valence-electron chi connectivity index (χ2n) is 6.22. The first-order chi connectivity index (χ1) is 12.1. The van der Waals surface area contributed by atoms with Gasteiger partial charge in [-0.2, -0.15) is 0 Å². The Morgan fingerprint density at radius 2 is 1.88 bits per heavy atom. The highest BCUT2D eigenvalue weighted by atomic mass is 16.5. The van der Waals surface area contributed by atoms with Gasteiger partial charge in [0.15, 0.2) is 0 Å². The smallest absolute Gasteiger partial charge is 0.225 e. The van der Waals surface area contributed by atoms with Gasteiger partial charge in [-0.05, 0) is 31.5 Å². The van der Waals surface area contributed by atoms with Crippen molar-refractivity contribution in [3.63, 3.8) is 0 Å². The van der Waals surface area contributed by atoms with Crippen molar-refractivity contribution in [2.24, 2.45) is 5.92 Å². The summed E-state index contributed by atoms with van der Waals surface area (Å²) in [5.41, 5.74) is 0.916. The zero-order chi connectivity index (χ0) is 17.6. The van der Waals surface area contributed by atoms with E-state index in [0.29, 0.717) is 19.4 Å². The zero-order valence-corrected chi connectivity index (χ0v) is 14.2. The fourth-order valence-electron chi connectivity index (χ4n) is 2.91. The molecule has 0 saturated carbocycles. The lowest BCUT2D eigenvalue weighted by Gasteiger charge is -2.24. The first-order valence-electron chi connectivity index (χ1n) is 8.52. The molecule has 130 valence electrons. The highest BCUT2D eigenvalue weighted by molar-refractivity contribution is 5.84. The molecule has 2 N–H and O–H groups in total. The Morgan fingerprint density at radius 1 is 1.16 bits per heavy atom. The highest BCUT2D eigenvalue weighted by Gasteiger charge is 2.26. The number of hydrogen-bond acceptors (Lipinski definition) is 3. The Kier molecular flexibility index (Phi) is 5.33. The molecule has 1 aliphatic heterocycles. The van der Waals surface area contributed by atoms with Gasteiger partial charge in [0, 0.05) is 18.5 Å². The van der Waals surface area contributed by atoms with Crippen LogP contribution in [0.2, 0.25) is 0 Å². The normalized spacial score (nSPS) is 18.1. The third kappa shape index (κ3) is 4.38. The minimum absolute atomic E-state index is 0.0127. The predicted octanol–water partition coefficient (Wildman–Crippen LogP) is 3.18. The maximum atomic E-state index is 12.5. The average molecular weight is 338 g/mol. The summed E-state index contributed by atoms with van der Waals surface area (Å²) in [6, 6.07) is 17.0. The first kappa shape index (κ1) is 17.0. The van der Waals surface area contributed by atoms with Gasteiger partial charge in [0.05, 0.1) is 12.0 Å². The second kappa shape index (κ2) is 7.83. The van der Waals surface area contributed by atoms with Crippen LogP contribution in [0, 0.1) is 5.92 Å². The lowest BCUT2D eigenvalue weighted by molar-refractivity contribution is -0.129. The van der Waals surface area contributed by atoms with Crippen LogP contribution in [0.1, 0.15) is 31.4 Å². The summed E-state index contributed by atoms with van der Waals surface area (Å²) in [6.07, 6.45) is 0.993. The van der Waals surface area contributed by atoms with Crippen LogP contribution < -0.4 is 15.4 Å². The Balaban J connectivity index is 1.68. The Labute approximate surface area is 147 Å². The molecule has 1 aliphatic rings. The molecule has 2 aromatic carbocycles. The number of para-hydroxylation sites is 2. The van der Waals surface area contributed by atoms with E-state index in [2.05, 4.69) is 10.6 Å². The number of nitrogens with one attached hydrogen (secondary N) is 2. The van der Waals surface area contributed by atoms with Crippen LogP contribution in [0.3, 0.4) is 0 Å². The summed E-state index contributed by atoms with van der Waals surface area (Å²) in [7, 11) is 0. The van der Waals surface area contributed by atoms with Crippen molar-refractivity contribution in [1.29, 1.82) is 0 Å². The molecule has 2 amide bonds. The number of ether oxygens (including phenoxy) is 1. The van der Waals surface area contributed by atoms with Gasteiger partial charge >= 0.3 is 0 Å². The standard InChI is InChI=1S/C20H22N2O3/c1-14(22-20(24)15-11-12-19(23)21-13-15)17-9-5-6-10-18(17)25-16-7-3-2-4-8-16/h2-10,14-15H,11-13H2,1H3,(H,21,23)(H,22,24)/t14-,15-/m1/s1. The summed E-state index contributed by atoms with van der Waals surface area (Å²) in [5, 5.41) is 5.78. The van der Waals surface area contributed by atoms with E-state index in [0.717, 1.165) is 17.1 Å². The van der Waals surface area contributed by atoms with Crippen LogP contribution in [0.4, 0.5) is 0 Å². The largest absolute Gasteiger partial charge is 0.457 e. The van der Waals surface area contributed by atoms with Crippen molar-refractivity contribution >= 4 is 11.8 Å². The zero-order valence-electron chi connectivity index (χ0n) is 14.2. The molecule has 0 bridgehead atoms. The third-order valence-corrected chi connectivity index (χ3v) is 4.35. The second-order valence-corrected chi connectivity index (χ2v) is 6.22. The quantitative estimate of drug-likeness (QED) is 0.880. The van der Waals surface area contributed by atoms with Crippen LogP contribution in [-0.4, -0.2) is 18.4 Å². The van der Waals surface area contributed by atoms with Gasteiger partial charge in [-0.3, -0.25) is 9.59 Å². The van der Waals surface area contributed by atoms with Crippen molar-refractivity contribution in [2.75, 3.05) is 6.54 Å². The maximum absolute atomic E-state index is 12.5. The van der Waals surface area contributed by atoms with E-state index < -0.39 is 0 Å². The molecule has 0 unspecified atom stereocenters. The van der Waals surface area contributed by atoms with Gasteiger partial charge in [0.25, 0.3) is 0 Å². The third-order valence-electron chi connectivity index (χ3n) is 4.35. The Bertz CT molecular complexity index is 736. The minimum Gasteiger partial charge on any atom is -0.457 e. The molecule has 1 fully saturated rings. The lowest BCUT2D eigenvalue weighted by Crippen LogP contribution is -2.43. The molecule has 5 nitrogen and oxygen atoms in total. The van der Waals surface area contributed by atoms with E-state index in [1.807, 2.05) is 61.5 Å². The summed E-state index contributed by atoms with van der Waals surface area (Å²) < 4.78 is 5.96. The van der Waals surface area contributed by atoms with E-state index in [-0.39, 0.29) is 23.8 Å². The molecule has 2 aromatic rings. The van der Waals surface area contributed by atoms with Crippen LogP contribution >= 0.6 is 0 Å². The minimum atomic E-state index is -0.190. The Hall–Kier alpha value is -2.82. The molecule has 2 atom stereocenters. The molecule has 0 aromatic heterocycles. The summed E-state index contributed by atoms with van der Waals surface area (Å²) in [4.78, 5) is 23.7. The van der Waals surface area contributed by atoms with Gasteiger partial charge in [-0.1, -0.05) is 36.4 Å². The highest BCUT2D eigenvalue weighted by Crippen LogP contribution is 2.29. The number of rotatable bonds is 5. The van der Waals surface area contributed by atoms with Crippen LogP contribution in [-0.2, 0) is 9.59 Å². The molecular formula is C20H22N2O3. The van der Waals surface area contributed by atoms with Gasteiger partial charge < -0.3 is 15.4 Å². The molecule has 3 rings (SSSR count). The molecule has 25 heavy (non-hydrogen) atoms. The molecule has 0 spiro atoms. The predicted molar refractivity (Wildman–Crippen MR) is 95.2 cm³/mol. The number of benzene rings is 2. The van der Waals surface area contributed by atoms with Crippen LogP contribution in [0.25, 0.3) is 0 Å². The molecule has 1 heterocycles. The fourth-order valence-corrected chi connectivity index (χ4v) is 2.91. The van der Waals surface area contributed by atoms with Crippen LogP contribution in [0.5, 0.6) is 11.5 Å². The lowest BCUT2D eigenvalue weighted by atomic mass is 9.97. The summed E-state index contributed by atoms with van der Waals surface area (Å²) in [6.45, 7) is 2.34. The van der Waals surface area contributed by atoms with Crippen molar-refractivity contribution < 1.29 is 14.3 Å². The first-order valence-corrected chi connectivity index (χ1v) is 8.52. The van der Waals surface area contributed by atoms with E-state index in [1.165, 1.54) is 0 Å². The number of carbonyl (C=O) groups excluding carboxylic acids is 2. The average Bonchev–Trinajstić information content (AvgIpc) is 2.63. The topological polar surface area (TPSA) is 67.4 Å². The number of carbonyl (C=O) groups is 2. The van der Waals surface area contributed by atoms with E-state index in [9.17, 15) is 9.59 Å². The molecule has 0 aliphatic carbocycles. The van der Waals surface area contributed by atoms with E-state index in [4.69, 9.17) is 4.74 Å². The van der Waals surface area contributed by atoms with Crippen molar-refractivity contribution in [3.8, 4) is 11.5 Å². The molecule has 0 radical (unpaired) electrons. The molecule has 5 heteroatoms. The van der Waals surface area contributed by atoms with E-state index >= 15 is 0 Å². The number of piperidine rings is 1. The van der Waals surface area contributed by atoms with Gasteiger partial charge in [-0.15, -0.1) is 0 Å². The molecule has 1 saturated heterocycles. The monoisotopic (exact) mass is 338 g/mol. The number of amides is 2. The summed E-state index contributed by atoms with van der Waals surface area (Å²) in [5.74, 6) is 1.27. The molecular weight excluding hydrogens is 316 g/mol. The van der Waals surface area contributed by atoms with Gasteiger partial charge in [-0.25, -0.2) is 0 Å². The van der Waals surface area contributed by atoms with Crippen molar-refractivity contribution in [1.82, 2.24) is 10.6 Å². The maximum Gasteiger partial charge on any atom is 0.225 e. The fraction of sp³-hybridized carbons (Fsp3) is 0.300. The van der Waals surface area contributed by atoms with Gasteiger partial charge in [0.2, 0.25) is 11.8 Å². The van der Waals surface area contributed by atoms with Crippen LogP contribution in [0.15, 0.2) is 54.6 Å². The number of hydrogen-bond donors (Lipinski definition) is 2. The van der Waals surface area contributed by atoms with Gasteiger partial charge in [0.1, 0.15) is 11.5 Å². The van der Waals surface area contributed by atoms with Crippen molar-refractivity contribution in [2.45, 2.75) is 25.8 Å². The SMILES string of the molecule is C[C@@H](NC(=O)[C@@H]1CCC(=O)NC1)c1ccccc1Oc1ccccc1.